The summed E-state index contributed by atoms with van der Waals surface area (Å²) in [5.74, 6) is 0.155. The lowest BCUT2D eigenvalue weighted by molar-refractivity contribution is -0.778. The minimum atomic E-state index is -0.802. The van der Waals surface area contributed by atoms with Crippen LogP contribution in [-0.4, -0.2) is 41.0 Å². The first-order valence-electron chi connectivity index (χ1n) is 12.3. The van der Waals surface area contributed by atoms with E-state index in [1.54, 1.807) is 6.20 Å². The number of hydrogen-bond acceptors (Lipinski definition) is 3. The zero-order chi connectivity index (χ0) is 21.9. The molecule has 1 unspecified atom stereocenters. The Bertz CT molecular complexity index is 543. The Morgan fingerprint density at radius 1 is 0.967 bits per heavy atom. The number of unbranched alkanes of at least 4 members (excludes halogenated alkanes) is 12. The second-order valence-electron chi connectivity index (χ2n) is 8.63. The number of aliphatic imine (C=N–C) groups is 1. The minimum absolute atomic E-state index is 0.0406. The molecule has 1 rings (SSSR count). The van der Waals surface area contributed by atoms with Crippen LogP contribution in [0.3, 0.4) is 0 Å². The molecule has 0 amide bonds. The fourth-order valence-corrected chi connectivity index (χ4v) is 4.16. The van der Waals surface area contributed by atoms with E-state index in [0.29, 0.717) is 17.6 Å². The average Bonchev–Trinajstić information content (AvgIpc) is 3.09. The summed E-state index contributed by atoms with van der Waals surface area (Å²) in [5, 5.41) is 9.25. The maximum Gasteiger partial charge on any atom is 0.360 e. The average molecular weight is 421 g/mol. The monoisotopic (exact) mass is 420 g/mol. The van der Waals surface area contributed by atoms with E-state index in [1.165, 1.54) is 83.5 Å². The van der Waals surface area contributed by atoms with Gasteiger partial charge in [0.25, 0.3) is 0 Å². The molecule has 1 aliphatic heterocycles. The third kappa shape index (κ3) is 11.7. The Labute approximate surface area is 184 Å². The van der Waals surface area contributed by atoms with Gasteiger partial charge in [-0.05, 0) is 32.1 Å². The fourth-order valence-electron chi connectivity index (χ4n) is 4.16. The summed E-state index contributed by atoms with van der Waals surface area (Å²) in [6.07, 6.45) is 27.3. The van der Waals surface area contributed by atoms with Crippen LogP contribution in [-0.2, 0) is 4.79 Å². The topological polar surface area (TPSA) is 75.7 Å². The largest absolute Gasteiger partial charge is 0.477 e. The normalized spacial score (nSPS) is 18.4. The third-order valence-corrected chi connectivity index (χ3v) is 5.95. The van der Waals surface area contributed by atoms with Crippen molar-refractivity contribution in [1.29, 1.82) is 0 Å². The molecule has 0 saturated heterocycles. The quantitative estimate of drug-likeness (QED) is 0.141. The third-order valence-electron chi connectivity index (χ3n) is 5.95. The van der Waals surface area contributed by atoms with Crippen LogP contribution in [0, 0.1) is 0 Å². The number of carbonyl (C=O) groups is 1. The van der Waals surface area contributed by atoms with Gasteiger partial charge in [-0.3, -0.25) is 0 Å². The number of quaternary nitrogens is 1. The van der Waals surface area contributed by atoms with E-state index in [-0.39, 0.29) is 6.54 Å². The van der Waals surface area contributed by atoms with Gasteiger partial charge >= 0.3 is 5.97 Å². The number of nitrogens with zero attached hydrogens (tertiary/aromatic N) is 2. The van der Waals surface area contributed by atoms with E-state index in [9.17, 15) is 9.90 Å². The molecular weight excluding hydrogens is 374 g/mol. The molecule has 1 heterocycles. The van der Waals surface area contributed by atoms with Crippen molar-refractivity contribution >= 4 is 11.8 Å². The molecule has 172 valence electrons. The molecule has 5 nitrogen and oxygen atoms in total. The maximum atomic E-state index is 11.3. The minimum Gasteiger partial charge on any atom is -0.477 e. The number of carboxylic acid groups (broad SMARTS) is 1. The van der Waals surface area contributed by atoms with E-state index >= 15 is 0 Å². The molecule has 0 aromatic rings. The second-order valence-corrected chi connectivity index (χ2v) is 8.63. The first-order chi connectivity index (χ1) is 14.6. The summed E-state index contributed by atoms with van der Waals surface area (Å²) < 4.78 is 0.302. The number of rotatable bonds is 20. The van der Waals surface area contributed by atoms with E-state index in [0.717, 1.165) is 18.7 Å². The maximum absolute atomic E-state index is 11.3. The predicted octanol–water partition coefficient (Wildman–Crippen LogP) is 6.16. The molecule has 1 atom stereocenters. The van der Waals surface area contributed by atoms with E-state index < -0.39 is 5.97 Å². The van der Waals surface area contributed by atoms with E-state index in [4.69, 9.17) is 5.73 Å². The molecule has 0 aliphatic carbocycles. The lowest BCUT2D eigenvalue weighted by Crippen LogP contribution is -2.52. The summed E-state index contributed by atoms with van der Waals surface area (Å²) >= 11 is 0. The predicted molar refractivity (Wildman–Crippen MR) is 127 cm³/mol. The highest BCUT2D eigenvalue weighted by molar-refractivity contribution is 5.81. The van der Waals surface area contributed by atoms with Gasteiger partial charge in [-0.25, -0.2) is 14.3 Å². The van der Waals surface area contributed by atoms with Crippen LogP contribution >= 0.6 is 0 Å². The summed E-state index contributed by atoms with van der Waals surface area (Å²) in [6, 6.07) is 0. The SMILES string of the molecule is CCCCCCCC/C=C/CCCCCCCCC1=NC=C[N+]1(CCN)CC(=O)O. The van der Waals surface area contributed by atoms with E-state index in [2.05, 4.69) is 24.1 Å². The van der Waals surface area contributed by atoms with Crippen molar-refractivity contribution < 1.29 is 14.4 Å². The van der Waals surface area contributed by atoms with Crippen molar-refractivity contribution in [2.75, 3.05) is 19.6 Å². The van der Waals surface area contributed by atoms with Crippen molar-refractivity contribution in [2.24, 2.45) is 10.7 Å². The number of amidine groups is 1. The van der Waals surface area contributed by atoms with Crippen LogP contribution in [0.5, 0.6) is 0 Å². The summed E-state index contributed by atoms with van der Waals surface area (Å²) in [6.45, 7) is 3.38. The van der Waals surface area contributed by atoms with Crippen molar-refractivity contribution in [2.45, 2.75) is 103 Å². The zero-order valence-electron chi connectivity index (χ0n) is 19.4. The van der Waals surface area contributed by atoms with Gasteiger partial charge in [-0.2, -0.15) is 0 Å². The molecular formula is C25H46N3O2+. The lowest BCUT2D eigenvalue weighted by Gasteiger charge is -2.30. The Kier molecular flexibility index (Phi) is 15.3. The summed E-state index contributed by atoms with van der Waals surface area (Å²) in [4.78, 5) is 15.7. The molecule has 0 aromatic carbocycles. The van der Waals surface area contributed by atoms with Crippen LogP contribution < -0.4 is 5.73 Å². The first-order valence-corrected chi connectivity index (χ1v) is 12.3. The number of aliphatic carboxylic acids is 1. The van der Waals surface area contributed by atoms with Crippen LogP contribution in [0.1, 0.15) is 103 Å². The second kappa shape index (κ2) is 17.2. The zero-order valence-corrected chi connectivity index (χ0v) is 19.4. The highest BCUT2D eigenvalue weighted by Gasteiger charge is 2.36. The molecule has 1 aliphatic rings. The molecule has 3 N–H and O–H groups in total. The van der Waals surface area contributed by atoms with Gasteiger partial charge in [-0.1, -0.05) is 76.9 Å². The van der Waals surface area contributed by atoms with Gasteiger partial charge in [-0.15, -0.1) is 0 Å². The first kappa shape index (κ1) is 26.6. The fraction of sp³-hybridized carbons (Fsp3) is 0.760. The summed E-state index contributed by atoms with van der Waals surface area (Å²) in [5.41, 5.74) is 5.72. The smallest absolute Gasteiger partial charge is 0.360 e. The van der Waals surface area contributed by atoms with E-state index in [1.807, 2.05) is 6.20 Å². The number of nitrogens with two attached hydrogens (primary N) is 1. The molecule has 0 spiro atoms. The summed E-state index contributed by atoms with van der Waals surface area (Å²) in [7, 11) is 0. The number of hydrogen-bond donors (Lipinski definition) is 2. The molecule has 0 aromatic heterocycles. The van der Waals surface area contributed by atoms with Crippen molar-refractivity contribution in [1.82, 2.24) is 0 Å². The Morgan fingerprint density at radius 2 is 1.53 bits per heavy atom. The van der Waals surface area contributed by atoms with Gasteiger partial charge in [0.2, 0.25) is 5.84 Å². The standard InChI is InChI=1S/C25H45N3O2/c1-2-3-4-5-6-7-8-9-10-11-12-13-14-15-16-17-18-24-27-20-22-28(24,21-19-26)23-25(29)30/h9-10,20,22H,2-8,11-19,21,23,26H2,1H3/p+1/b10-9+. The highest BCUT2D eigenvalue weighted by atomic mass is 16.4. The van der Waals surface area contributed by atoms with Gasteiger partial charge in [0, 0.05) is 13.0 Å². The van der Waals surface area contributed by atoms with Gasteiger partial charge in [0.05, 0.1) is 6.20 Å². The molecule has 30 heavy (non-hydrogen) atoms. The molecule has 0 saturated carbocycles. The lowest BCUT2D eigenvalue weighted by atomic mass is 10.1. The number of allylic oxidation sites excluding steroid dienone is 2. The van der Waals surface area contributed by atoms with Gasteiger partial charge < -0.3 is 10.8 Å². The van der Waals surface area contributed by atoms with Gasteiger partial charge in [0.15, 0.2) is 6.54 Å². The number of carboxylic acids is 1. The van der Waals surface area contributed by atoms with Crippen LogP contribution in [0.2, 0.25) is 0 Å². The Hall–Kier alpha value is -1.46. The molecule has 0 radical (unpaired) electrons. The van der Waals surface area contributed by atoms with Crippen molar-refractivity contribution in [3.05, 3.63) is 24.6 Å². The van der Waals surface area contributed by atoms with Gasteiger partial charge in [0.1, 0.15) is 12.7 Å². The van der Waals surface area contributed by atoms with Crippen LogP contribution in [0.25, 0.3) is 0 Å². The molecule has 0 fully saturated rings. The Morgan fingerprint density at radius 3 is 2.10 bits per heavy atom. The van der Waals surface area contributed by atoms with Crippen molar-refractivity contribution in [3.63, 3.8) is 0 Å². The van der Waals surface area contributed by atoms with Crippen LogP contribution in [0.4, 0.5) is 0 Å². The molecule has 5 heteroatoms. The highest BCUT2D eigenvalue weighted by Crippen LogP contribution is 2.21. The van der Waals surface area contributed by atoms with Crippen LogP contribution in [0.15, 0.2) is 29.5 Å². The molecule has 0 bridgehead atoms. The Balaban J connectivity index is 2.00. The van der Waals surface area contributed by atoms with Crippen molar-refractivity contribution in [3.8, 4) is 0 Å².